The van der Waals surface area contributed by atoms with E-state index in [-0.39, 0.29) is 11.5 Å². The molecule has 0 saturated heterocycles. The van der Waals surface area contributed by atoms with Crippen LogP contribution in [0.5, 0.6) is 0 Å². The fraction of sp³-hybridized carbons (Fsp3) is 0.118. The summed E-state index contributed by atoms with van der Waals surface area (Å²) in [6.07, 6.45) is 6.14. The highest BCUT2D eigenvalue weighted by Gasteiger charge is 2.13. The highest BCUT2D eigenvalue weighted by Crippen LogP contribution is 2.24. The van der Waals surface area contributed by atoms with Gasteiger partial charge < -0.3 is 4.90 Å². The van der Waals surface area contributed by atoms with Gasteiger partial charge in [0.25, 0.3) is 5.91 Å². The molecule has 0 aliphatic rings. The van der Waals surface area contributed by atoms with Crippen LogP contribution in [0.3, 0.4) is 0 Å². The molecule has 1 amide bonds. The molecule has 126 valence electrons. The van der Waals surface area contributed by atoms with E-state index in [1.807, 2.05) is 0 Å². The van der Waals surface area contributed by atoms with Crippen LogP contribution in [-0.4, -0.2) is 32.9 Å². The van der Waals surface area contributed by atoms with Gasteiger partial charge in [0.1, 0.15) is 12.1 Å². The maximum Gasteiger partial charge on any atom is 0.258 e. The molecule has 1 N–H and O–H groups in total. The molecular formula is C17H15FN6O. The summed E-state index contributed by atoms with van der Waals surface area (Å²) in [7, 11) is 1.73. The van der Waals surface area contributed by atoms with Crippen LogP contribution < -0.4 is 10.2 Å². The standard InChI is InChI=1S/C17H15FN6O/c1-11-3-4-21-17(22-11)23-16(25)12-5-13(18)7-14(6-12)24(2)15-8-19-10-20-9-15/h3-10H,1-2H3,(H,21,22,23,25). The summed E-state index contributed by atoms with van der Waals surface area (Å²) < 4.78 is 14.0. The first kappa shape index (κ1) is 16.4. The van der Waals surface area contributed by atoms with Crippen molar-refractivity contribution >= 4 is 23.2 Å². The number of nitrogens with zero attached hydrogens (tertiary/aromatic N) is 5. The molecule has 0 saturated carbocycles. The zero-order chi connectivity index (χ0) is 17.8. The number of benzene rings is 1. The molecule has 0 aliphatic heterocycles. The van der Waals surface area contributed by atoms with Crippen molar-refractivity contribution in [3.8, 4) is 0 Å². The third-order valence-electron chi connectivity index (χ3n) is 3.49. The average Bonchev–Trinajstić information content (AvgIpc) is 2.61. The van der Waals surface area contributed by atoms with E-state index in [1.165, 1.54) is 18.6 Å². The number of hydrogen-bond acceptors (Lipinski definition) is 6. The number of rotatable bonds is 4. The third-order valence-corrected chi connectivity index (χ3v) is 3.49. The van der Waals surface area contributed by atoms with Crippen LogP contribution >= 0.6 is 0 Å². The number of carbonyl (C=O) groups is 1. The average molecular weight is 338 g/mol. The van der Waals surface area contributed by atoms with E-state index in [2.05, 4.69) is 25.3 Å². The van der Waals surface area contributed by atoms with Crippen LogP contribution in [0.25, 0.3) is 0 Å². The number of aromatic nitrogens is 4. The Kier molecular flexibility index (Phi) is 4.60. The molecule has 0 bridgehead atoms. The van der Waals surface area contributed by atoms with E-state index >= 15 is 0 Å². The van der Waals surface area contributed by atoms with Gasteiger partial charge in [0.15, 0.2) is 0 Å². The molecule has 0 atom stereocenters. The predicted molar refractivity (Wildman–Crippen MR) is 91.2 cm³/mol. The van der Waals surface area contributed by atoms with E-state index in [4.69, 9.17) is 0 Å². The van der Waals surface area contributed by atoms with Crippen molar-refractivity contribution < 1.29 is 9.18 Å². The van der Waals surface area contributed by atoms with Crippen molar-refractivity contribution in [2.75, 3.05) is 17.3 Å². The van der Waals surface area contributed by atoms with Crippen molar-refractivity contribution in [3.05, 3.63) is 66.3 Å². The normalized spacial score (nSPS) is 10.4. The maximum atomic E-state index is 14.0. The van der Waals surface area contributed by atoms with E-state index in [9.17, 15) is 9.18 Å². The Morgan fingerprint density at radius 2 is 1.92 bits per heavy atom. The fourth-order valence-electron chi connectivity index (χ4n) is 2.20. The Labute approximate surface area is 143 Å². The van der Waals surface area contributed by atoms with Crippen molar-refractivity contribution in [2.45, 2.75) is 6.92 Å². The number of anilines is 3. The molecule has 3 rings (SSSR count). The zero-order valence-electron chi connectivity index (χ0n) is 13.6. The van der Waals surface area contributed by atoms with Gasteiger partial charge in [0.2, 0.25) is 5.95 Å². The summed E-state index contributed by atoms with van der Waals surface area (Å²) in [6, 6.07) is 5.77. The Bertz CT molecular complexity index is 903. The summed E-state index contributed by atoms with van der Waals surface area (Å²) >= 11 is 0. The van der Waals surface area contributed by atoms with Gasteiger partial charge in [-0.2, -0.15) is 0 Å². The van der Waals surface area contributed by atoms with E-state index < -0.39 is 11.7 Å². The Balaban J connectivity index is 1.87. The van der Waals surface area contributed by atoms with Crippen molar-refractivity contribution in [1.29, 1.82) is 0 Å². The first-order valence-corrected chi connectivity index (χ1v) is 7.43. The molecule has 0 unspecified atom stereocenters. The van der Waals surface area contributed by atoms with Gasteiger partial charge in [-0.1, -0.05) is 0 Å². The molecule has 7 nitrogen and oxygen atoms in total. The minimum absolute atomic E-state index is 0.156. The summed E-state index contributed by atoms with van der Waals surface area (Å²) in [4.78, 5) is 30.0. The molecule has 0 fully saturated rings. The topological polar surface area (TPSA) is 83.9 Å². The largest absolute Gasteiger partial charge is 0.342 e. The smallest absolute Gasteiger partial charge is 0.258 e. The number of carbonyl (C=O) groups excluding carboxylic acids is 1. The monoisotopic (exact) mass is 338 g/mol. The number of hydrogen-bond donors (Lipinski definition) is 1. The summed E-state index contributed by atoms with van der Waals surface area (Å²) in [5.41, 5.74) is 2.03. The Morgan fingerprint density at radius 1 is 1.16 bits per heavy atom. The number of amides is 1. The van der Waals surface area contributed by atoms with E-state index in [1.54, 1.807) is 43.4 Å². The minimum Gasteiger partial charge on any atom is -0.342 e. The predicted octanol–water partition coefficient (Wildman–Crippen LogP) is 2.73. The first-order valence-electron chi connectivity index (χ1n) is 7.43. The highest BCUT2D eigenvalue weighted by atomic mass is 19.1. The van der Waals surface area contributed by atoms with Gasteiger partial charge in [-0.05, 0) is 31.2 Å². The first-order chi connectivity index (χ1) is 12.0. The lowest BCUT2D eigenvalue weighted by atomic mass is 10.1. The summed E-state index contributed by atoms with van der Waals surface area (Å²) in [5.74, 6) is -0.860. The second-order valence-electron chi connectivity index (χ2n) is 5.33. The van der Waals surface area contributed by atoms with Gasteiger partial charge in [0.05, 0.1) is 18.1 Å². The Hall–Kier alpha value is -3.42. The molecule has 3 aromatic rings. The van der Waals surface area contributed by atoms with Gasteiger partial charge >= 0.3 is 0 Å². The van der Waals surface area contributed by atoms with Gasteiger partial charge in [-0.15, -0.1) is 0 Å². The maximum absolute atomic E-state index is 14.0. The molecule has 0 radical (unpaired) electrons. The fourth-order valence-corrected chi connectivity index (χ4v) is 2.20. The van der Waals surface area contributed by atoms with Crippen molar-refractivity contribution in [1.82, 2.24) is 19.9 Å². The summed E-state index contributed by atoms with van der Waals surface area (Å²) in [6.45, 7) is 1.79. The van der Waals surface area contributed by atoms with Crippen molar-refractivity contribution in [3.63, 3.8) is 0 Å². The van der Waals surface area contributed by atoms with Crippen LogP contribution in [0.4, 0.5) is 21.7 Å². The van der Waals surface area contributed by atoms with Crippen LogP contribution in [0, 0.1) is 12.7 Å². The van der Waals surface area contributed by atoms with Gasteiger partial charge in [-0.3, -0.25) is 10.1 Å². The van der Waals surface area contributed by atoms with Gasteiger partial charge in [-0.25, -0.2) is 24.3 Å². The van der Waals surface area contributed by atoms with E-state index in [0.29, 0.717) is 17.1 Å². The molecule has 0 spiro atoms. The van der Waals surface area contributed by atoms with Crippen molar-refractivity contribution in [2.24, 2.45) is 0 Å². The lowest BCUT2D eigenvalue weighted by Gasteiger charge is -2.19. The molecular weight excluding hydrogens is 323 g/mol. The SMILES string of the molecule is Cc1ccnc(NC(=O)c2cc(F)cc(N(C)c3cncnc3)c2)n1. The number of aryl methyl sites for hydroxylation is 1. The van der Waals surface area contributed by atoms with Crippen LogP contribution in [0.15, 0.2) is 49.2 Å². The quantitative estimate of drug-likeness (QED) is 0.787. The number of halogens is 1. The molecule has 0 aliphatic carbocycles. The molecule has 2 heterocycles. The Morgan fingerprint density at radius 3 is 2.64 bits per heavy atom. The third kappa shape index (κ3) is 3.92. The van der Waals surface area contributed by atoms with Crippen LogP contribution in [0.1, 0.15) is 16.1 Å². The highest BCUT2D eigenvalue weighted by molar-refractivity contribution is 6.04. The molecule has 25 heavy (non-hydrogen) atoms. The second-order valence-corrected chi connectivity index (χ2v) is 5.33. The summed E-state index contributed by atoms with van der Waals surface area (Å²) in [5, 5.41) is 2.56. The zero-order valence-corrected chi connectivity index (χ0v) is 13.6. The van der Waals surface area contributed by atoms with Crippen LogP contribution in [-0.2, 0) is 0 Å². The van der Waals surface area contributed by atoms with Crippen LogP contribution in [0.2, 0.25) is 0 Å². The minimum atomic E-state index is -0.531. The molecule has 1 aromatic carbocycles. The van der Waals surface area contributed by atoms with Gasteiger partial charge in [0, 0.05) is 30.2 Å². The number of nitrogens with one attached hydrogen (secondary N) is 1. The lowest BCUT2D eigenvalue weighted by Crippen LogP contribution is -2.16. The lowest BCUT2D eigenvalue weighted by molar-refractivity contribution is 0.102. The second kappa shape index (κ2) is 7.00. The molecule has 8 heteroatoms. The van der Waals surface area contributed by atoms with E-state index in [0.717, 1.165) is 6.07 Å². The molecule has 2 aromatic heterocycles.